The van der Waals surface area contributed by atoms with Crippen molar-refractivity contribution >= 4 is 11.8 Å². The molecule has 182 valence electrons. The first kappa shape index (κ1) is 23.3. The summed E-state index contributed by atoms with van der Waals surface area (Å²) >= 11 is 0. The van der Waals surface area contributed by atoms with E-state index in [-0.39, 0.29) is 23.9 Å². The maximum absolute atomic E-state index is 13.7. The molecule has 2 fully saturated rings. The lowest BCUT2D eigenvalue weighted by atomic mass is 9.95. The van der Waals surface area contributed by atoms with Crippen LogP contribution in [0.15, 0.2) is 60.9 Å². The van der Waals surface area contributed by atoms with Crippen LogP contribution in [0.5, 0.6) is 0 Å². The van der Waals surface area contributed by atoms with Crippen LogP contribution in [-0.2, 0) is 17.9 Å². The standard InChI is InChI=1S/C29H34N4O2/c1-21-7-5-8-23(17-21)20-33-27-13-15-32(26(27)11-3-4-12-28(33)34)29(35)25-10-6-9-24(18-25)19-31-16-14-30-22(31)2/h5-10,14,16-18,26-27H,3-4,11-13,15,19-20H2,1-2H3/t26-,27+/m0/s1. The fourth-order valence-electron chi connectivity index (χ4n) is 5.71. The highest BCUT2D eigenvalue weighted by molar-refractivity contribution is 5.95. The van der Waals surface area contributed by atoms with Crippen LogP contribution in [0, 0.1) is 13.8 Å². The Morgan fingerprint density at radius 1 is 0.971 bits per heavy atom. The molecule has 0 unspecified atom stereocenters. The van der Waals surface area contributed by atoms with Crippen LogP contribution in [0.25, 0.3) is 0 Å². The minimum absolute atomic E-state index is 0.0658. The number of imidazole rings is 1. The van der Waals surface area contributed by atoms with Gasteiger partial charge in [-0.1, -0.05) is 48.4 Å². The molecule has 0 saturated carbocycles. The van der Waals surface area contributed by atoms with Crippen LogP contribution >= 0.6 is 0 Å². The number of benzene rings is 2. The van der Waals surface area contributed by atoms with Crippen LogP contribution in [0.1, 0.15) is 65.0 Å². The zero-order valence-corrected chi connectivity index (χ0v) is 20.7. The first-order valence-corrected chi connectivity index (χ1v) is 12.7. The van der Waals surface area contributed by atoms with Gasteiger partial charge < -0.3 is 14.4 Å². The van der Waals surface area contributed by atoms with E-state index < -0.39 is 0 Å². The Balaban J connectivity index is 1.36. The van der Waals surface area contributed by atoms with Crippen molar-refractivity contribution in [3.8, 4) is 0 Å². The number of carbonyl (C=O) groups excluding carboxylic acids is 2. The zero-order valence-electron chi connectivity index (χ0n) is 20.7. The molecule has 0 aliphatic carbocycles. The van der Waals surface area contributed by atoms with Gasteiger partial charge in [-0.3, -0.25) is 9.59 Å². The molecule has 0 spiro atoms. The van der Waals surface area contributed by atoms with Crippen molar-refractivity contribution in [1.82, 2.24) is 19.4 Å². The number of likely N-dealkylation sites (tertiary alicyclic amines) is 2. The topological polar surface area (TPSA) is 58.4 Å². The van der Waals surface area contributed by atoms with Gasteiger partial charge in [0.25, 0.3) is 5.91 Å². The van der Waals surface area contributed by atoms with Gasteiger partial charge in [-0.25, -0.2) is 4.98 Å². The second kappa shape index (κ2) is 10.1. The molecule has 35 heavy (non-hydrogen) atoms. The molecule has 0 N–H and O–H groups in total. The summed E-state index contributed by atoms with van der Waals surface area (Å²) in [6.07, 6.45) is 8.00. The van der Waals surface area contributed by atoms with Crippen molar-refractivity contribution in [2.45, 2.75) is 71.1 Å². The molecular formula is C29H34N4O2. The number of amides is 2. The van der Waals surface area contributed by atoms with Crippen LogP contribution in [0.2, 0.25) is 0 Å². The summed E-state index contributed by atoms with van der Waals surface area (Å²) in [6.45, 7) is 6.06. The fraction of sp³-hybridized carbons (Fsp3) is 0.414. The van der Waals surface area contributed by atoms with E-state index in [1.54, 1.807) is 6.20 Å². The molecule has 2 aromatic carbocycles. The summed E-state index contributed by atoms with van der Waals surface area (Å²) in [5.74, 6) is 1.25. The number of hydrogen-bond donors (Lipinski definition) is 0. The third-order valence-corrected chi connectivity index (χ3v) is 7.52. The number of fused-ring (bicyclic) bond motifs is 1. The fourth-order valence-corrected chi connectivity index (χ4v) is 5.71. The minimum atomic E-state index is 0.0658. The average molecular weight is 471 g/mol. The Morgan fingerprint density at radius 3 is 2.54 bits per heavy atom. The molecule has 3 aromatic rings. The van der Waals surface area contributed by atoms with Crippen molar-refractivity contribution < 1.29 is 9.59 Å². The highest BCUT2D eigenvalue weighted by Crippen LogP contribution is 2.32. The van der Waals surface area contributed by atoms with E-state index in [0.717, 1.165) is 48.2 Å². The summed E-state index contributed by atoms with van der Waals surface area (Å²) in [4.78, 5) is 35.3. The Morgan fingerprint density at radius 2 is 1.77 bits per heavy atom. The van der Waals surface area contributed by atoms with Crippen molar-refractivity contribution in [1.29, 1.82) is 0 Å². The minimum Gasteiger partial charge on any atom is -0.334 e. The number of rotatable bonds is 5. The third kappa shape index (κ3) is 5.02. The van der Waals surface area contributed by atoms with Crippen LogP contribution in [-0.4, -0.2) is 49.8 Å². The van der Waals surface area contributed by atoms with Gasteiger partial charge in [-0.15, -0.1) is 0 Å². The van der Waals surface area contributed by atoms with Crippen molar-refractivity contribution in [2.75, 3.05) is 6.54 Å². The van der Waals surface area contributed by atoms with Crippen molar-refractivity contribution in [3.63, 3.8) is 0 Å². The van der Waals surface area contributed by atoms with E-state index in [0.29, 0.717) is 26.1 Å². The van der Waals surface area contributed by atoms with Crippen molar-refractivity contribution in [2.24, 2.45) is 0 Å². The second-order valence-corrected chi connectivity index (χ2v) is 9.98. The predicted octanol–water partition coefficient (Wildman–Crippen LogP) is 4.73. The largest absolute Gasteiger partial charge is 0.334 e. The molecule has 5 rings (SSSR count). The molecular weight excluding hydrogens is 436 g/mol. The molecule has 6 heteroatoms. The molecule has 2 aliphatic rings. The predicted molar refractivity (Wildman–Crippen MR) is 136 cm³/mol. The molecule has 0 bridgehead atoms. The van der Waals surface area contributed by atoms with Crippen molar-refractivity contribution in [3.05, 3.63) is 89.0 Å². The smallest absolute Gasteiger partial charge is 0.254 e. The lowest BCUT2D eigenvalue weighted by Gasteiger charge is -2.37. The van der Waals surface area contributed by atoms with Gasteiger partial charge in [-0.05, 0) is 56.4 Å². The van der Waals surface area contributed by atoms with E-state index in [1.165, 1.54) is 5.56 Å². The Hall–Kier alpha value is -3.41. The summed E-state index contributed by atoms with van der Waals surface area (Å²) in [5, 5.41) is 0. The zero-order chi connectivity index (χ0) is 24.4. The average Bonchev–Trinajstić information content (AvgIpc) is 3.44. The first-order valence-electron chi connectivity index (χ1n) is 12.7. The Bertz CT molecular complexity index is 1220. The molecule has 1 aromatic heterocycles. The molecule has 6 nitrogen and oxygen atoms in total. The van der Waals surface area contributed by atoms with Gasteiger partial charge in [0, 0.05) is 44.0 Å². The van der Waals surface area contributed by atoms with Gasteiger partial charge in [0.15, 0.2) is 0 Å². The first-order chi connectivity index (χ1) is 17.0. The second-order valence-electron chi connectivity index (χ2n) is 9.98. The highest BCUT2D eigenvalue weighted by atomic mass is 16.2. The van der Waals surface area contributed by atoms with E-state index in [9.17, 15) is 9.59 Å². The van der Waals surface area contributed by atoms with Crippen LogP contribution in [0.3, 0.4) is 0 Å². The Kier molecular flexibility index (Phi) is 6.71. The molecule has 0 radical (unpaired) electrons. The number of carbonyl (C=O) groups is 2. The lowest BCUT2D eigenvalue weighted by molar-refractivity contribution is -0.135. The number of aromatic nitrogens is 2. The molecule has 2 aliphatic heterocycles. The van der Waals surface area contributed by atoms with E-state index in [1.807, 2.05) is 36.2 Å². The van der Waals surface area contributed by atoms with E-state index >= 15 is 0 Å². The normalized spacial score (nSPS) is 20.5. The lowest BCUT2D eigenvalue weighted by Crippen LogP contribution is -2.49. The summed E-state index contributed by atoms with van der Waals surface area (Å²) in [7, 11) is 0. The van der Waals surface area contributed by atoms with Gasteiger partial charge >= 0.3 is 0 Å². The third-order valence-electron chi connectivity index (χ3n) is 7.52. The number of hydrogen-bond acceptors (Lipinski definition) is 3. The maximum Gasteiger partial charge on any atom is 0.254 e. The SMILES string of the molecule is Cc1cccc(CN2C(=O)CCCC[C@H]3[C@H]2CCN3C(=O)c2cccc(Cn3ccnc3C)c2)c1. The Labute approximate surface area is 207 Å². The molecule has 2 amide bonds. The van der Waals surface area contributed by atoms with E-state index in [2.05, 4.69) is 51.7 Å². The van der Waals surface area contributed by atoms with Gasteiger partial charge in [0.2, 0.25) is 5.91 Å². The highest BCUT2D eigenvalue weighted by Gasteiger charge is 2.42. The molecule has 3 heterocycles. The summed E-state index contributed by atoms with van der Waals surface area (Å²) in [6, 6.07) is 16.5. The quantitative estimate of drug-likeness (QED) is 0.542. The van der Waals surface area contributed by atoms with Gasteiger partial charge in [-0.2, -0.15) is 0 Å². The monoisotopic (exact) mass is 470 g/mol. The number of aryl methyl sites for hydroxylation is 2. The van der Waals surface area contributed by atoms with Crippen LogP contribution in [0.4, 0.5) is 0 Å². The number of nitrogens with zero attached hydrogens (tertiary/aromatic N) is 4. The van der Waals surface area contributed by atoms with E-state index in [4.69, 9.17) is 0 Å². The molecule has 2 atom stereocenters. The maximum atomic E-state index is 13.7. The summed E-state index contributed by atoms with van der Waals surface area (Å²) in [5.41, 5.74) is 4.17. The van der Waals surface area contributed by atoms with Crippen LogP contribution < -0.4 is 0 Å². The van der Waals surface area contributed by atoms with Gasteiger partial charge in [0.1, 0.15) is 5.82 Å². The summed E-state index contributed by atoms with van der Waals surface area (Å²) < 4.78 is 2.08. The molecule has 2 saturated heterocycles. The van der Waals surface area contributed by atoms with Gasteiger partial charge in [0.05, 0.1) is 12.1 Å².